The Bertz CT molecular complexity index is 380. The minimum atomic E-state index is -1.23. The summed E-state index contributed by atoms with van der Waals surface area (Å²) in [5.74, 6) is -0.447. The highest BCUT2D eigenvalue weighted by Crippen LogP contribution is 2.20. The average molecular weight is 265 g/mol. The lowest BCUT2D eigenvalue weighted by atomic mass is 9.92. The van der Waals surface area contributed by atoms with Crippen LogP contribution in [0.25, 0.3) is 0 Å². The summed E-state index contributed by atoms with van der Waals surface area (Å²) >= 11 is 0. The lowest BCUT2D eigenvalue weighted by molar-refractivity contribution is -0.152. The smallest absolute Gasteiger partial charge is 0.333 e. The fraction of sp³-hybridized carbons (Fsp3) is 0.533. The number of ether oxygens (including phenoxy) is 2. The normalized spacial score (nSPS) is 13.8. The van der Waals surface area contributed by atoms with Crippen molar-refractivity contribution in [2.45, 2.75) is 32.2 Å². The fourth-order valence-electron chi connectivity index (χ4n) is 1.74. The van der Waals surface area contributed by atoms with E-state index in [4.69, 9.17) is 15.2 Å². The molecule has 0 saturated heterocycles. The number of benzene rings is 1. The first-order valence-corrected chi connectivity index (χ1v) is 6.74. The lowest BCUT2D eigenvalue weighted by Crippen LogP contribution is -2.50. The number of nitrogens with two attached hydrogens (primary N) is 1. The number of carbonyl (C=O) groups excluding carboxylic acids is 1. The van der Waals surface area contributed by atoms with Crippen molar-refractivity contribution in [2.75, 3.05) is 19.8 Å². The second-order valence-electron chi connectivity index (χ2n) is 4.46. The van der Waals surface area contributed by atoms with Crippen molar-refractivity contribution < 1.29 is 14.3 Å². The summed E-state index contributed by atoms with van der Waals surface area (Å²) in [5.41, 5.74) is 5.71. The molecule has 0 saturated carbocycles. The molecule has 1 rings (SSSR count). The zero-order valence-electron chi connectivity index (χ0n) is 11.7. The second kappa shape index (κ2) is 7.92. The van der Waals surface area contributed by atoms with Crippen LogP contribution in [-0.4, -0.2) is 25.8 Å². The van der Waals surface area contributed by atoms with Crippen LogP contribution in [0.3, 0.4) is 0 Å². The summed E-state index contributed by atoms with van der Waals surface area (Å²) < 4.78 is 10.6. The number of rotatable bonds is 8. The average Bonchev–Trinajstić information content (AvgIpc) is 2.44. The van der Waals surface area contributed by atoms with Gasteiger partial charge in [0.05, 0.1) is 13.2 Å². The molecule has 0 aliphatic rings. The zero-order valence-corrected chi connectivity index (χ0v) is 11.7. The first-order chi connectivity index (χ1) is 9.15. The summed E-state index contributed by atoms with van der Waals surface area (Å²) in [6.45, 7) is 4.89. The minimum Gasteiger partial charge on any atom is -0.464 e. The molecule has 1 aromatic carbocycles. The van der Waals surface area contributed by atoms with E-state index in [1.807, 2.05) is 30.3 Å². The number of esters is 1. The molecule has 4 nitrogen and oxygen atoms in total. The summed E-state index contributed by atoms with van der Waals surface area (Å²) in [6, 6.07) is 9.22. The minimum absolute atomic E-state index is 0.135. The maximum absolute atomic E-state index is 12.1. The Morgan fingerprint density at radius 3 is 2.53 bits per heavy atom. The monoisotopic (exact) mass is 265 g/mol. The quantitative estimate of drug-likeness (QED) is 0.578. The number of unbranched alkanes of at least 4 members (excludes halogenated alkanes) is 1. The van der Waals surface area contributed by atoms with Crippen molar-refractivity contribution in [3.8, 4) is 0 Å². The van der Waals surface area contributed by atoms with Gasteiger partial charge in [-0.2, -0.15) is 0 Å². The molecule has 0 fully saturated rings. The fourth-order valence-corrected chi connectivity index (χ4v) is 1.74. The molecule has 0 radical (unpaired) electrons. The molecule has 1 atom stereocenters. The van der Waals surface area contributed by atoms with E-state index in [0.29, 0.717) is 18.8 Å². The van der Waals surface area contributed by atoms with Gasteiger partial charge >= 0.3 is 5.97 Å². The molecule has 4 heteroatoms. The van der Waals surface area contributed by atoms with Gasteiger partial charge in [-0.15, -0.1) is 0 Å². The summed E-state index contributed by atoms with van der Waals surface area (Å²) in [7, 11) is 0. The van der Waals surface area contributed by atoms with E-state index < -0.39 is 11.5 Å². The van der Waals surface area contributed by atoms with Crippen LogP contribution in [0, 0.1) is 0 Å². The Morgan fingerprint density at radius 1 is 1.26 bits per heavy atom. The molecule has 0 aliphatic carbocycles. The standard InChI is InChI=1S/C15H23NO3/c1-3-5-11-18-12-15(16,14(17)19-4-2)13-9-7-6-8-10-13/h6-10H,3-5,11-12,16H2,1-2H3. The predicted octanol–water partition coefficient (Wildman–Crippen LogP) is 2.22. The molecule has 0 spiro atoms. The first-order valence-electron chi connectivity index (χ1n) is 6.74. The number of hydrogen-bond acceptors (Lipinski definition) is 4. The van der Waals surface area contributed by atoms with Gasteiger partial charge in [-0.1, -0.05) is 43.7 Å². The third-order valence-corrected chi connectivity index (χ3v) is 2.90. The van der Waals surface area contributed by atoms with Crippen molar-refractivity contribution in [3.63, 3.8) is 0 Å². The van der Waals surface area contributed by atoms with Crippen LogP contribution in [-0.2, 0) is 19.8 Å². The van der Waals surface area contributed by atoms with E-state index in [-0.39, 0.29) is 6.61 Å². The highest BCUT2D eigenvalue weighted by atomic mass is 16.5. The molecule has 1 aromatic rings. The molecule has 0 aliphatic heterocycles. The maximum Gasteiger partial charge on any atom is 0.333 e. The van der Waals surface area contributed by atoms with Crippen molar-refractivity contribution in [2.24, 2.45) is 5.73 Å². The summed E-state index contributed by atoms with van der Waals surface area (Å²) in [6.07, 6.45) is 2.00. The molecule has 1 unspecified atom stereocenters. The molecule has 0 bridgehead atoms. The molecule has 2 N–H and O–H groups in total. The topological polar surface area (TPSA) is 61.5 Å². The molecular weight excluding hydrogens is 242 g/mol. The highest BCUT2D eigenvalue weighted by molar-refractivity contribution is 5.82. The Balaban J connectivity index is 2.81. The van der Waals surface area contributed by atoms with Gasteiger partial charge in [0.2, 0.25) is 0 Å². The maximum atomic E-state index is 12.1. The summed E-state index contributed by atoms with van der Waals surface area (Å²) in [4.78, 5) is 12.1. The van der Waals surface area contributed by atoms with Crippen molar-refractivity contribution in [1.29, 1.82) is 0 Å². The molecular formula is C15H23NO3. The van der Waals surface area contributed by atoms with E-state index >= 15 is 0 Å². The second-order valence-corrected chi connectivity index (χ2v) is 4.46. The van der Waals surface area contributed by atoms with Gasteiger partial charge in [-0.25, -0.2) is 4.79 Å². The Morgan fingerprint density at radius 2 is 1.95 bits per heavy atom. The van der Waals surface area contributed by atoms with E-state index in [1.165, 1.54) is 0 Å². The summed E-state index contributed by atoms with van der Waals surface area (Å²) in [5, 5.41) is 0. The predicted molar refractivity (Wildman–Crippen MR) is 74.7 cm³/mol. The van der Waals surface area contributed by atoms with Gasteiger partial charge in [0.1, 0.15) is 0 Å². The van der Waals surface area contributed by atoms with Gasteiger partial charge in [-0.3, -0.25) is 0 Å². The lowest BCUT2D eigenvalue weighted by Gasteiger charge is -2.27. The number of hydrogen-bond donors (Lipinski definition) is 1. The van der Waals surface area contributed by atoms with Gasteiger partial charge < -0.3 is 15.2 Å². The highest BCUT2D eigenvalue weighted by Gasteiger charge is 2.37. The van der Waals surface area contributed by atoms with Crippen molar-refractivity contribution in [3.05, 3.63) is 35.9 Å². The number of carbonyl (C=O) groups is 1. The van der Waals surface area contributed by atoms with Crippen LogP contribution in [0.4, 0.5) is 0 Å². The van der Waals surface area contributed by atoms with Crippen LogP contribution in [0.15, 0.2) is 30.3 Å². The van der Waals surface area contributed by atoms with E-state index in [2.05, 4.69) is 6.92 Å². The van der Waals surface area contributed by atoms with E-state index in [1.54, 1.807) is 6.92 Å². The third kappa shape index (κ3) is 4.33. The van der Waals surface area contributed by atoms with Crippen LogP contribution in [0.2, 0.25) is 0 Å². The molecule has 19 heavy (non-hydrogen) atoms. The Kier molecular flexibility index (Phi) is 6.53. The van der Waals surface area contributed by atoms with E-state index in [9.17, 15) is 4.79 Å². The zero-order chi connectivity index (χ0) is 14.1. The Hall–Kier alpha value is -1.39. The van der Waals surface area contributed by atoms with E-state index in [0.717, 1.165) is 12.8 Å². The van der Waals surface area contributed by atoms with Crippen molar-refractivity contribution >= 4 is 5.97 Å². The molecule has 0 amide bonds. The molecule has 106 valence electrons. The van der Waals surface area contributed by atoms with Crippen molar-refractivity contribution in [1.82, 2.24) is 0 Å². The molecule has 0 heterocycles. The van der Waals surface area contributed by atoms with Crippen LogP contribution in [0.5, 0.6) is 0 Å². The first kappa shape index (κ1) is 15.7. The molecule has 0 aromatic heterocycles. The SMILES string of the molecule is CCCCOCC(N)(C(=O)OCC)c1ccccc1. The Labute approximate surface area is 114 Å². The van der Waals surface area contributed by atoms with Crippen LogP contribution >= 0.6 is 0 Å². The van der Waals surface area contributed by atoms with Crippen LogP contribution in [0.1, 0.15) is 32.3 Å². The van der Waals surface area contributed by atoms with Gasteiger partial charge in [0, 0.05) is 6.61 Å². The van der Waals surface area contributed by atoms with Gasteiger partial charge in [0.25, 0.3) is 0 Å². The largest absolute Gasteiger partial charge is 0.464 e. The van der Waals surface area contributed by atoms with Crippen LogP contribution < -0.4 is 5.73 Å². The van der Waals surface area contributed by atoms with Gasteiger partial charge in [-0.05, 0) is 18.9 Å². The van der Waals surface area contributed by atoms with Gasteiger partial charge in [0.15, 0.2) is 5.54 Å². The third-order valence-electron chi connectivity index (χ3n) is 2.90.